The molecular weight excluding hydrogens is 338 g/mol. The zero-order chi connectivity index (χ0) is 18.8. The second kappa shape index (κ2) is 7.11. The smallest absolute Gasteiger partial charge is 0.159 e. The van der Waals surface area contributed by atoms with Crippen molar-refractivity contribution in [1.29, 1.82) is 0 Å². The summed E-state index contributed by atoms with van der Waals surface area (Å²) >= 11 is 0. The van der Waals surface area contributed by atoms with Crippen molar-refractivity contribution in [1.82, 2.24) is 35.2 Å². The fourth-order valence-corrected chi connectivity index (χ4v) is 2.99. The molecule has 1 N–H and O–H groups in total. The number of aryl methyl sites for hydroxylation is 2. The first kappa shape index (κ1) is 17.1. The highest BCUT2D eigenvalue weighted by Crippen LogP contribution is 2.21. The summed E-state index contributed by atoms with van der Waals surface area (Å²) in [5.41, 5.74) is 5.87. The van der Waals surface area contributed by atoms with Crippen LogP contribution in [0.25, 0.3) is 22.6 Å². The summed E-state index contributed by atoms with van der Waals surface area (Å²) in [6.07, 6.45) is 6.30. The molecule has 1 unspecified atom stereocenters. The molecule has 0 bridgehead atoms. The largest absolute Gasteiger partial charge is 0.283 e. The average Bonchev–Trinajstić information content (AvgIpc) is 3.31. The molecular formula is C20H21N7. The Hall–Kier alpha value is -3.35. The molecule has 1 atom stereocenters. The van der Waals surface area contributed by atoms with E-state index in [0.29, 0.717) is 5.82 Å². The number of hydrogen-bond acceptors (Lipinski definition) is 5. The van der Waals surface area contributed by atoms with Gasteiger partial charge in [-0.1, -0.05) is 29.0 Å². The van der Waals surface area contributed by atoms with Gasteiger partial charge >= 0.3 is 0 Å². The maximum Gasteiger partial charge on any atom is 0.159 e. The maximum absolute atomic E-state index is 4.49. The Morgan fingerprint density at radius 1 is 1.07 bits per heavy atom. The Bertz CT molecular complexity index is 1050. The standard InChI is InChI=1S/C20H21N7/c1-13-5-4-6-16(7-13)20-21-10-17(11-22-20)19-12-27(26-25-19)15(3)9-18-8-14(2)23-24-18/h4-8,10-12,15H,9H2,1-3H3,(H,23,24). The fraction of sp³-hybridized carbons (Fsp3) is 0.250. The molecule has 27 heavy (non-hydrogen) atoms. The van der Waals surface area contributed by atoms with Gasteiger partial charge < -0.3 is 0 Å². The summed E-state index contributed by atoms with van der Waals surface area (Å²) in [6.45, 7) is 6.15. The van der Waals surface area contributed by atoms with Gasteiger partial charge in [-0.25, -0.2) is 14.6 Å². The average molecular weight is 359 g/mol. The van der Waals surface area contributed by atoms with E-state index in [1.165, 1.54) is 5.56 Å². The summed E-state index contributed by atoms with van der Waals surface area (Å²) in [5.74, 6) is 0.706. The molecule has 0 saturated carbocycles. The summed E-state index contributed by atoms with van der Waals surface area (Å²) in [5, 5.41) is 15.8. The van der Waals surface area contributed by atoms with Crippen LogP contribution in [0.3, 0.4) is 0 Å². The minimum absolute atomic E-state index is 0.154. The number of H-pyrrole nitrogens is 1. The van der Waals surface area contributed by atoms with E-state index in [-0.39, 0.29) is 6.04 Å². The molecule has 0 amide bonds. The van der Waals surface area contributed by atoms with Crippen LogP contribution in [0.15, 0.2) is 48.9 Å². The van der Waals surface area contributed by atoms with Crippen LogP contribution in [-0.4, -0.2) is 35.2 Å². The van der Waals surface area contributed by atoms with E-state index in [0.717, 1.165) is 34.6 Å². The van der Waals surface area contributed by atoms with Gasteiger partial charge in [0.05, 0.1) is 17.9 Å². The van der Waals surface area contributed by atoms with Gasteiger partial charge in [-0.3, -0.25) is 5.10 Å². The van der Waals surface area contributed by atoms with Crippen molar-refractivity contribution in [2.45, 2.75) is 33.2 Å². The summed E-state index contributed by atoms with van der Waals surface area (Å²) < 4.78 is 1.85. The van der Waals surface area contributed by atoms with Gasteiger partial charge in [0.25, 0.3) is 0 Å². The number of nitrogens with one attached hydrogen (secondary N) is 1. The van der Waals surface area contributed by atoms with Gasteiger partial charge in [0, 0.05) is 35.6 Å². The summed E-state index contributed by atoms with van der Waals surface area (Å²) in [6, 6.07) is 10.4. The third kappa shape index (κ3) is 3.76. The summed E-state index contributed by atoms with van der Waals surface area (Å²) in [7, 11) is 0. The normalized spacial score (nSPS) is 12.3. The Morgan fingerprint density at radius 3 is 2.59 bits per heavy atom. The number of hydrogen-bond donors (Lipinski definition) is 1. The molecule has 0 spiro atoms. The molecule has 0 fully saturated rings. The van der Waals surface area contributed by atoms with Crippen molar-refractivity contribution in [2.24, 2.45) is 0 Å². The van der Waals surface area contributed by atoms with Crippen molar-refractivity contribution < 1.29 is 0 Å². The predicted octanol–water partition coefficient (Wildman–Crippen LogP) is 3.55. The molecule has 4 rings (SSSR count). The van der Waals surface area contributed by atoms with Gasteiger partial charge in [0.15, 0.2) is 5.82 Å². The van der Waals surface area contributed by atoms with Crippen LogP contribution in [0, 0.1) is 13.8 Å². The topological polar surface area (TPSA) is 85.2 Å². The lowest BCUT2D eigenvalue weighted by atomic mass is 10.1. The minimum Gasteiger partial charge on any atom is -0.283 e. The molecule has 4 aromatic rings. The Morgan fingerprint density at radius 2 is 1.89 bits per heavy atom. The van der Waals surface area contributed by atoms with Crippen molar-refractivity contribution in [2.75, 3.05) is 0 Å². The van der Waals surface area contributed by atoms with Gasteiger partial charge in [-0.15, -0.1) is 5.10 Å². The quantitative estimate of drug-likeness (QED) is 0.589. The summed E-state index contributed by atoms with van der Waals surface area (Å²) in [4.78, 5) is 8.98. The van der Waals surface area contributed by atoms with Crippen LogP contribution >= 0.6 is 0 Å². The number of rotatable bonds is 5. The molecule has 0 aliphatic heterocycles. The first-order valence-electron chi connectivity index (χ1n) is 8.90. The first-order valence-corrected chi connectivity index (χ1v) is 8.90. The van der Waals surface area contributed by atoms with Crippen molar-refractivity contribution in [3.8, 4) is 22.6 Å². The maximum atomic E-state index is 4.49. The molecule has 7 heteroatoms. The van der Waals surface area contributed by atoms with E-state index in [1.807, 2.05) is 36.0 Å². The number of aromatic amines is 1. The molecule has 3 aromatic heterocycles. The van der Waals surface area contributed by atoms with E-state index >= 15 is 0 Å². The van der Waals surface area contributed by atoms with Crippen LogP contribution in [0.2, 0.25) is 0 Å². The predicted molar refractivity (Wildman–Crippen MR) is 103 cm³/mol. The third-order valence-corrected chi connectivity index (χ3v) is 4.45. The highest BCUT2D eigenvalue weighted by atomic mass is 15.4. The van der Waals surface area contributed by atoms with Crippen molar-refractivity contribution in [3.05, 3.63) is 65.9 Å². The van der Waals surface area contributed by atoms with E-state index in [9.17, 15) is 0 Å². The second-order valence-corrected chi connectivity index (χ2v) is 6.84. The highest BCUT2D eigenvalue weighted by Gasteiger charge is 2.12. The Kier molecular flexibility index (Phi) is 4.50. The molecule has 0 saturated heterocycles. The lowest BCUT2D eigenvalue weighted by Gasteiger charge is -2.08. The lowest BCUT2D eigenvalue weighted by molar-refractivity contribution is 0.470. The van der Waals surface area contributed by atoms with Gasteiger partial charge in [0.1, 0.15) is 5.69 Å². The molecule has 136 valence electrons. The second-order valence-electron chi connectivity index (χ2n) is 6.84. The van der Waals surface area contributed by atoms with E-state index < -0.39 is 0 Å². The van der Waals surface area contributed by atoms with E-state index in [1.54, 1.807) is 12.4 Å². The Balaban J connectivity index is 1.51. The van der Waals surface area contributed by atoms with Crippen LogP contribution in [0.1, 0.15) is 29.9 Å². The first-order chi connectivity index (χ1) is 13.1. The molecule has 0 aliphatic carbocycles. The number of aromatic nitrogens is 7. The van der Waals surface area contributed by atoms with Gasteiger partial charge in [0.2, 0.25) is 0 Å². The van der Waals surface area contributed by atoms with E-state index in [4.69, 9.17) is 0 Å². The monoisotopic (exact) mass is 359 g/mol. The highest BCUT2D eigenvalue weighted by molar-refractivity contribution is 5.60. The zero-order valence-electron chi connectivity index (χ0n) is 15.6. The van der Waals surface area contributed by atoms with Crippen LogP contribution in [-0.2, 0) is 6.42 Å². The number of nitrogens with zero attached hydrogens (tertiary/aromatic N) is 6. The Labute approximate surface area is 157 Å². The molecule has 0 aliphatic rings. The van der Waals surface area contributed by atoms with Gasteiger partial charge in [-0.2, -0.15) is 5.10 Å². The molecule has 3 heterocycles. The molecule has 1 aromatic carbocycles. The van der Waals surface area contributed by atoms with Crippen LogP contribution < -0.4 is 0 Å². The fourth-order valence-electron chi connectivity index (χ4n) is 2.99. The van der Waals surface area contributed by atoms with Crippen molar-refractivity contribution >= 4 is 0 Å². The van der Waals surface area contributed by atoms with Crippen molar-refractivity contribution in [3.63, 3.8) is 0 Å². The molecule has 7 nitrogen and oxygen atoms in total. The van der Waals surface area contributed by atoms with E-state index in [2.05, 4.69) is 56.5 Å². The van der Waals surface area contributed by atoms with Crippen LogP contribution in [0.5, 0.6) is 0 Å². The molecule has 0 radical (unpaired) electrons. The SMILES string of the molecule is Cc1cccc(-c2ncc(-c3cn(C(C)Cc4cc(C)[nH]n4)nn3)cn2)c1. The van der Waals surface area contributed by atoms with Crippen LogP contribution in [0.4, 0.5) is 0 Å². The number of benzene rings is 1. The minimum atomic E-state index is 0.154. The lowest BCUT2D eigenvalue weighted by Crippen LogP contribution is -2.09. The van der Waals surface area contributed by atoms with Gasteiger partial charge in [-0.05, 0) is 32.9 Å². The third-order valence-electron chi connectivity index (χ3n) is 4.45. The zero-order valence-corrected chi connectivity index (χ0v) is 15.6.